The van der Waals surface area contributed by atoms with Crippen LogP contribution in [0.4, 0.5) is 0 Å². The fourth-order valence-electron chi connectivity index (χ4n) is 1.02. The van der Waals surface area contributed by atoms with Crippen LogP contribution in [-0.2, 0) is 4.74 Å². The molecule has 1 aliphatic rings. The molecule has 1 fully saturated rings. The van der Waals surface area contributed by atoms with E-state index in [2.05, 4.69) is 16.8 Å². The molecule has 0 bridgehead atoms. The summed E-state index contributed by atoms with van der Waals surface area (Å²) in [5.74, 6) is 6.26. The van der Waals surface area contributed by atoms with Gasteiger partial charge in [-0.2, -0.15) is 0 Å². The molecule has 1 heterocycles. The van der Waals surface area contributed by atoms with Gasteiger partial charge in [0.1, 0.15) is 0 Å². The van der Waals surface area contributed by atoms with Gasteiger partial charge in [0, 0.05) is 11.3 Å². The van der Waals surface area contributed by atoms with Crippen molar-refractivity contribution < 1.29 is 9.53 Å². The quantitative estimate of drug-likeness (QED) is 0.567. The largest absolute Gasteiger partial charge is 0.461 e. The highest BCUT2D eigenvalue weighted by Gasteiger charge is 2.18. The first-order chi connectivity index (χ1) is 7.29. The van der Waals surface area contributed by atoms with Crippen molar-refractivity contribution in [3.05, 3.63) is 16.1 Å². The minimum atomic E-state index is -0.367. The number of ether oxygens (including phenoxy) is 1. The van der Waals surface area contributed by atoms with Crippen LogP contribution in [0.2, 0.25) is 0 Å². The fraction of sp³-hybridized carbons (Fsp3) is 0.455. The summed E-state index contributed by atoms with van der Waals surface area (Å²) < 4.78 is 4.84. The number of hydrogen-bond acceptors (Lipinski definition) is 4. The Morgan fingerprint density at radius 2 is 2.53 bits per heavy atom. The van der Waals surface area contributed by atoms with Crippen molar-refractivity contribution in [3.8, 4) is 11.8 Å². The summed E-state index contributed by atoms with van der Waals surface area (Å²) in [5.41, 5.74) is 0.363. The molecule has 4 heteroatoms. The number of esters is 1. The Morgan fingerprint density at radius 1 is 1.73 bits per heavy atom. The maximum Gasteiger partial charge on any atom is 0.357 e. The van der Waals surface area contributed by atoms with Crippen LogP contribution in [0.5, 0.6) is 0 Å². The van der Waals surface area contributed by atoms with Crippen molar-refractivity contribution >= 4 is 17.3 Å². The molecular weight excluding hydrogens is 210 g/mol. The molecule has 0 aromatic carbocycles. The van der Waals surface area contributed by atoms with Gasteiger partial charge in [0.25, 0.3) is 0 Å². The summed E-state index contributed by atoms with van der Waals surface area (Å²) in [4.78, 5) is 15.4. The van der Waals surface area contributed by atoms with Crippen LogP contribution in [-0.4, -0.2) is 17.6 Å². The lowest BCUT2D eigenvalue weighted by molar-refractivity contribution is 0.0520. The number of aromatic nitrogens is 1. The second-order valence-electron chi connectivity index (χ2n) is 3.30. The van der Waals surface area contributed by atoms with Gasteiger partial charge in [-0.25, -0.2) is 9.78 Å². The van der Waals surface area contributed by atoms with Gasteiger partial charge in [0.05, 0.1) is 6.61 Å². The number of carbonyl (C=O) groups is 1. The molecule has 15 heavy (non-hydrogen) atoms. The third-order valence-electron chi connectivity index (χ3n) is 1.95. The molecule has 1 aromatic rings. The Balaban J connectivity index is 2.03. The minimum Gasteiger partial charge on any atom is -0.461 e. The predicted molar refractivity (Wildman–Crippen MR) is 57.7 cm³/mol. The molecule has 3 nitrogen and oxygen atoms in total. The Labute approximate surface area is 92.5 Å². The number of carbonyl (C=O) groups excluding carboxylic acids is 1. The average Bonchev–Trinajstić information content (AvgIpc) is 2.93. The zero-order valence-electron chi connectivity index (χ0n) is 8.45. The van der Waals surface area contributed by atoms with E-state index in [0.717, 1.165) is 0 Å². The first-order valence-corrected chi connectivity index (χ1v) is 5.81. The molecule has 0 spiro atoms. The van der Waals surface area contributed by atoms with Crippen LogP contribution in [0.1, 0.15) is 35.3 Å². The van der Waals surface area contributed by atoms with Crippen LogP contribution >= 0.6 is 11.3 Å². The van der Waals surface area contributed by atoms with Crippen molar-refractivity contribution in [3.63, 3.8) is 0 Å². The Bertz CT molecular complexity index is 423. The van der Waals surface area contributed by atoms with Gasteiger partial charge in [-0.05, 0) is 25.7 Å². The zero-order valence-corrected chi connectivity index (χ0v) is 9.26. The van der Waals surface area contributed by atoms with Gasteiger partial charge in [0.2, 0.25) is 0 Å². The summed E-state index contributed by atoms with van der Waals surface area (Å²) in [6.07, 6.45) is 2.40. The maximum absolute atomic E-state index is 11.3. The van der Waals surface area contributed by atoms with Gasteiger partial charge in [-0.15, -0.1) is 11.3 Å². The molecule has 0 aliphatic heterocycles. The minimum absolute atomic E-state index is 0.363. The van der Waals surface area contributed by atoms with E-state index < -0.39 is 0 Å². The van der Waals surface area contributed by atoms with Gasteiger partial charge >= 0.3 is 5.97 Å². The second-order valence-corrected chi connectivity index (χ2v) is 4.16. The van der Waals surface area contributed by atoms with Crippen LogP contribution < -0.4 is 0 Å². The smallest absolute Gasteiger partial charge is 0.357 e. The van der Waals surface area contributed by atoms with E-state index in [1.165, 1.54) is 24.2 Å². The molecule has 0 amide bonds. The molecule has 0 atom stereocenters. The lowest BCUT2D eigenvalue weighted by atomic mass is 10.4. The monoisotopic (exact) mass is 221 g/mol. The summed E-state index contributed by atoms with van der Waals surface area (Å²) in [5, 5.41) is 2.39. The third-order valence-corrected chi connectivity index (χ3v) is 2.71. The molecule has 1 aromatic heterocycles. The predicted octanol–water partition coefficient (Wildman–Crippen LogP) is 2.08. The van der Waals surface area contributed by atoms with Crippen LogP contribution in [0.15, 0.2) is 5.38 Å². The van der Waals surface area contributed by atoms with Crippen molar-refractivity contribution in [2.75, 3.05) is 6.61 Å². The number of rotatable bonds is 2. The fourth-order valence-corrected chi connectivity index (χ4v) is 1.66. The highest BCUT2D eigenvalue weighted by molar-refractivity contribution is 7.10. The summed E-state index contributed by atoms with van der Waals surface area (Å²) in [6, 6.07) is 0. The van der Waals surface area contributed by atoms with E-state index >= 15 is 0 Å². The van der Waals surface area contributed by atoms with Crippen molar-refractivity contribution in [2.24, 2.45) is 5.92 Å². The van der Waals surface area contributed by atoms with E-state index in [4.69, 9.17) is 4.74 Å². The summed E-state index contributed by atoms with van der Waals surface area (Å²) >= 11 is 1.39. The SMILES string of the molecule is CCOC(=O)c1csc(C#CC2CC2)n1. The van der Waals surface area contributed by atoms with Gasteiger partial charge in [-0.1, -0.05) is 5.92 Å². The Kier molecular flexibility index (Phi) is 3.02. The lowest BCUT2D eigenvalue weighted by Gasteiger charge is -1.95. The molecule has 0 saturated heterocycles. The van der Waals surface area contributed by atoms with E-state index in [1.54, 1.807) is 12.3 Å². The molecular formula is C11H11NO2S. The normalized spacial score (nSPS) is 14.2. The first-order valence-electron chi connectivity index (χ1n) is 4.93. The van der Waals surface area contributed by atoms with Gasteiger partial charge < -0.3 is 4.74 Å². The van der Waals surface area contributed by atoms with Crippen LogP contribution in [0, 0.1) is 17.8 Å². The lowest BCUT2D eigenvalue weighted by Crippen LogP contribution is -2.04. The Hall–Kier alpha value is -1.34. The Morgan fingerprint density at radius 3 is 3.20 bits per heavy atom. The number of nitrogens with zero attached hydrogens (tertiary/aromatic N) is 1. The van der Waals surface area contributed by atoms with Crippen molar-refractivity contribution in [1.82, 2.24) is 4.98 Å². The average molecular weight is 221 g/mol. The number of thiazole rings is 1. The van der Waals surface area contributed by atoms with E-state index in [1.807, 2.05) is 0 Å². The second kappa shape index (κ2) is 4.45. The van der Waals surface area contributed by atoms with Gasteiger partial charge in [-0.3, -0.25) is 0 Å². The standard InChI is InChI=1S/C11H11NO2S/c1-2-14-11(13)9-7-15-10(12-9)6-5-8-3-4-8/h7-8H,2-4H2,1H3. The molecule has 0 radical (unpaired) electrons. The highest BCUT2D eigenvalue weighted by Crippen LogP contribution is 2.27. The molecule has 1 saturated carbocycles. The van der Waals surface area contributed by atoms with Crippen LogP contribution in [0.3, 0.4) is 0 Å². The molecule has 2 rings (SSSR count). The molecule has 78 valence electrons. The zero-order chi connectivity index (χ0) is 10.7. The van der Waals surface area contributed by atoms with Crippen LogP contribution in [0.25, 0.3) is 0 Å². The van der Waals surface area contributed by atoms with E-state index in [9.17, 15) is 4.79 Å². The topological polar surface area (TPSA) is 39.2 Å². The molecule has 1 aliphatic carbocycles. The van der Waals surface area contributed by atoms with Crippen molar-refractivity contribution in [1.29, 1.82) is 0 Å². The molecule has 0 unspecified atom stereocenters. The van der Waals surface area contributed by atoms with E-state index in [0.29, 0.717) is 23.2 Å². The summed E-state index contributed by atoms with van der Waals surface area (Å²) in [6.45, 7) is 2.15. The number of hydrogen-bond donors (Lipinski definition) is 0. The highest BCUT2D eigenvalue weighted by atomic mass is 32.1. The first kappa shape index (κ1) is 10.2. The van der Waals surface area contributed by atoms with Gasteiger partial charge in [0.15, 0.2) is 10.7 Å². The maximum atomic E-state index is 11.3. The third kappa shape index (κ3) is 2.80. The van der Waals surface area contributed by atoms with E-state index in [-0.39, 0.29) is 5.97 Å². The summed E-state index contributed by atoms with van der Waals surface area (Å²) in [7, 11) is 0. The molecule has 0 N–H and O–H groups in total. The van der Waals surface area contributed by atoms with Crippen molar-refractivity contribution in [2.45, 2.75) is 19.8 Å².